The lowest BCUT2D eigenvalue weighted by Gasteiger charge is -2.36. The van der Waals surface area contributed by atoms with Crippen molar-refractivity contribution >= 4 is 32.8 Å². The average Bonchev–Trinajstić information content (AvgIpc) is 3.56. The normalized spacial score (nSPS) is 14.6. The summed E-state index contributed by atoms with van der Waals surface area (Å²) in [5.41, 5.74) is 6.31. The van der Waals surface area contributed by atoms with Crippen LogP contribution in [0.25, 0.3) is 22.6 Å². The lowest BCUT2D eigenvalue weighted by molar-refractivity contribution is 0.249. The van der Waals surface area contributed by atoms with Gasteiger partial charge in [0.05, 0.1) is 16.7 Å². The second-order valence-electron chi connectivity index (χ2n) is 8.76. The molecule has 1 aliphatic heterocycles. The Morgan fingerprint density at radius 3 is 2.49 bits per heavy atom. The maximum absolute atomic E-state index is 4.81. The van der Waals surface area contributed by atoms with Crippen molar-refractivity contribution in [2.45, 2.75) is 13.1 Å². The Balaban J connectivity index is 1.21. The van der Waals surface area contributed by atoms with E-state index in [9.17, 15) is 0 Å². The molecule has 0 unspecified atom stereocenters. The molecule has 0 aliphatic carbocycles. The number of aromatic amines is 1. The fraction of sp³-hybridized carbons (Fsp3) is 0.231. The number of halogens is 1. The first-order valence-corrected chi connectivity index (χ1v) is 12.5. The van der Waals surface area contributed by atoms with Crippen LogP contribution in [0.2, 0.25) is 0 Å². The molecule has 176 valence electrons. The van der Waals surface area contributed by atoms with Gasteiger partial charge in [0.1, 0.15) is 11.3 Å². The van der Waals surface area contributed by atoms with Gasteiger partial charge < -0.3 is 9.88 Å². The zero-order valence-electron chi connectivity index (χ0n) is 19.2. The number of anilines is 1. The highest BCUT2D eigenvalue weighted by atomic mass is 79.9. The van der Waals surface area contributed by atoms with E-state index < -0.39 is 0 Å². The topological polar surface area (TPSA) is 78.8 Å². The van der Waals surface area contributed by atoms with E-state index in [2.05, 4.69) is 76.1 Å². The molecule has 6 rings (SSSR count). The molecule has 1 aliphatic rings. The zero-order chi connectivity index (χ0) is 23.6. The Hall–Kier alpha value is -3.56. The lowest BCUT2D eigenvalue weighted by Crippen LogP contribution is -2.46. The second-order valence-corrected chi connectivity index (χ2v) is 9.62. The van der Waals surface area contributed by atoms with E-state index in [0.29, 0.717) is 0 Å². The number of nitrogens with zero attached hydrogens (tertiary/aromatic N) is 7. The van der Waals surface area contributed by atoms with Crippen LogP contribution in [0.3, 0.4) is 0 Å². The molecular formula is C26H25BrN8. The molecule has 0 amide bonds. The van der Waals surface area contributed by atoms with Crippen molar-refractivity contribution in [3.63, 3.8) is 0 Å². The van der Waals surface area contributed by atoms with Crippen molar-refractivity contribution in [2.75, 3.05) is 31.1 Å². The van der Waals surface area contributed by atoms with Crippen LogP contribution in [0.4, 0.5) is 5.69 Å². The summed E-state index contributed by atoms with van der Waals surface area (Å²) >= 11 is 3.74. The summed E-state index contributed by atoms with van der Waals surface area (Å²) in [6.45, 7) is 5.54. The van der Waals surface area contributed by atoms with Crippen molar-refractivity contribution in [1.29, 1.82) is 0 Å². The predicted octanol–water partition coefficient (Wildman–Crippen LogP) is 4.35. The fourth-order valence-corrected chi connectivity index (χ4v) is 5.15. The number of pyridine rings is 2. The summed E-state index contributed by atoms with van der Waals surface area (Å²) in [7, 11) is 0. The Labute approximate surface area is 211 Å². The highest BCUT2D eigenvalue weighted by Gasteiger charge is 2.23. The fourth-order valence-electron chi connectivity index (χ4n) is 4.60. The molecule has 35 heavy (non-hydrogen) atoms. The van der Waals surface area contributed by atoms with E-state index >= 15 is 0 Å². The molecule has 1 N–H and O–H groups in total. The first-order chi connectivity index (χ1) is 17.2. The van der Waals surface area contributed by atoms with Gasteiger partial charge in [-0.1, -0.05) is 30.3 Å². The molecule has 4 aromatic heterocycles. The van der Waals surface area contributed by atoms with Gasteiger partial charge >= 0.3 is 0 Å². The Morgan fingerprint density at radius 1 is 0.886 bits per heavy atom. The lowest BCUT2D eigenvalue weighted by atomic mass is 10.1. The second kappa shape index (κ2) is 9.59. The molecule has 0 bridgehead atoms. The van der Waals surface area contributed by atoms with Crippen LogP contribution in [0.15, 0.2) is 77.9 Å². The number of H-pyrrole nitrogens is 1. The van der Waals surface area contributed by atoms with Gasteiger partial charge in [0.15, 0.2) is 5.65 Å². The predicted molar refractivity (Wildman–Crippen MR) is 140 cm³/mol. The number of nitrogens with one attached hydrogen (secondary N) is 1. The van der Waals surface area contributed by atoms with Crippen LogP contribution in [-0.2, 0) is 13.1 Å². The molecule has 0 spiro atoms. The number of benzene rings is 1. The Bertz CT molecular complexity index is 1410. The van der Waals surface area contributed by atoms with E-state index in [1.54, 1.807) is 6.20 Å². The van der Waals surface area contributed by atoms with Crippen molar-refractivity contribution in [1.82, 2.24) is 34.6 Å². The number of hydrogen-bond acceptors (Lipinski definition) is 6. The zero-order valence-corrected chi connectivity index (χ0v) is 20.8. The van der Waals surface area contributed by atoms with E-state index in [1.165, 1.54) is 11.1 Å². The van der Waals surface area contributed by atoms with Gasteiger partial charge in [-0.3, -0.25) is 14.6 Å². The highest BCUT2D eigenvalue weighted by Crippen LogP contribution is 2.34. The van der Waals surface area contributed by atoms with Crippen LogP contribution in [-0.4, -0.2) is 60.8 Å². The summed E-state index contributed by atoms with van der Waals surface area (Å²) in [5, 5.41) is 4.28. The summed E-state index contributed by atoms with van der Waals surface area (Å²) in [5.74, 6) is 0.827. The van der Waals surface area contributed by atoms with Crippen molar-refractivity contribution < 1.29 is 0 Å². The SMILES string of the molecule is Brc1cnc2nc(-c3ccc(Cn4cccn4)cc3)[nH]c2c1N1CCN(Cc2cccnc2)CC1. The molecule has 0 atom stereocenters. The minimum atomic E-state index is 0.733. The van der Waals surface area contributed by atoms with Gasteiger partial charge in [-0.05, 0) is 39.2 Å². The van der Waals surface area contributed by atoms with E-state index in [4.69, 9.17) is 4.98 Å². The molecule has 1 saturated heterocycles. The summed E-state index contributed by atoms with van der Waals surface area (Å²) in [6, 6.07) is 14.5. The molecule has 5 heterocycles. The minimum absolute atomic E-state index is 0.733. The molecule has 9 heteroatoms. The number of aromatic nitrogens is 6. The molecule has 1 fully saturated rings. The first-order valence-electron chi connectivity index (χ1n) is 11.7. The largest absolute Gasteiger partial charge is 0.366 e. The van der Waals surface area contributed by atoms with E-state index in [1.807, 2.05) is 41.6 Å². The van der Waals surface area contributed by atoms with Crippen LogP contribution >= 0.6 is 15.9 Å². The first kappa shape index (κ1) is 21.9. The number of fused-ring (bicyclic) bond motifs is 1. The third-order valence-electron chi connectivity index (χ3n) is 6.40. The van der Waals surface area contributed by atoms with Crippen LogP contribution in [0.5, 0.6) is 0 Å². The molecule has 0 saturated carbocycles. The van der Waals surface area contributed by atoms with Crippen molar-refractivity contribution in [3.05, 3.63) is 89.0 Å². The summed E-state index contributed by atoms with van der Waals surface area (Å²) in [6.07, 6.45) is 9.40. The number of imidazole rings is 1. The van der Waals surface area contributed by atoms with Crippen molar-refractivity contribution in [2.24, 2.45) is 0 Å². The van der Waals surface area contributed by atoms with Crippen LogP contribution in [0.1, 0.15) is 11.1 Å². The highest BCUT2D eigenvalue weighted by molar-refractivity contribution is 9.10. The Kier molecular flexibility index (Phi) is 6.01. The number of piperazine rings is 1. The van der Waals surface area contributed by atoms with Gasteiger partial charge in [-0.15, -0.1) is 0 Å². The third kappa shape index (κ3) is 4.69. The maximum Gasteiger partial charge on any atom is 0.180 e. The van der Waals surface area contributed by atoms with Gasteiger partial charge in [-0.25, -0.2) is 9.97 Å². The van der Waals surface area contributed by atoms with E-state index in [-0.39, 0.29) is 0 Å². The van der Waals surface area contributed by atoms with Gasteiger partial charge in [0, 0.05) is 69.3 Å². The smallest absolute Gasteiger partial charge is 0.180 e. The molecule has 8 nitrogen and oxygen atoms in total. The van der Waals surface area contributed by atoms with Gasteiger partial charge in [0.25, 0.3) is 0 Å². The molecule has 5 aromatic rings. The Morgan fingerprint density at radius 2 is 1.74 bits per heavy atom. The number of rotatable bonds is 6. The molecule has 0 radical (unpaired) electrons. The van der Waals surface area contributed by atoms with E-state index in [0.717, 1.165) is 72.0 Å². The standard InChI is InChI=1S/C26H25BrN8/c27-22-16-29-26-23(24(22)34-13-11-33(12-14-34)17-20-3-1-8-28-15-20)31-25(32-26)21-6-4-19(5-7-21)18-35-10-2-9-30-35/h1-10,15-16H,11-14,17-18H2,(H,29,31,32). The summed E-state index contributed by atoms with van der Waals surface area (Å²) in [4.78, 5) is 22.1. The molecular weight excluding hydrogens is 504 g/mol. The van der Waals surface area contributed by atoms with Gasteiger partial charge in [0.2, 0.25) is 0 Å². The molecule has 1 aromatic carbocycles. The van der Waals surface area contributed by atoms with Crippen LogP contribution < -0.4 is 4.90 Å². The van der Waals surface area contributed by atoms with Crippen LogP contribution in [0, 0.1) is 0 Å². The van der Waals surface area contributed by atoms with Crippen molar-refractivity contribution in [3.8, 4) is 11.4 Å². The van der Waals surface area contributed by atoms with Gasteiger partial charge in [-0.2, -0.15) is 5.10 Å². The minimum Gasteiger partial charge on any atom is -0.366 e. The number of hydrogen-bond donors (Lipinski definition) is 1. The average molecular weight is 529 g/mol. The summed E-state index contributed by atoms with van der Waals surface area (Å²) < 4.78 is 2.90. The monoisotopic (exact) mass is 528 g/mol. The quantitative estimate of drug-likeness (QED) is 0.353. The third-order valence-corrected chi connectivity index (χ3v) is 6.98. The maximum atomic E-state index is 4.81.